The van der Waals surface area contributed by atoms with Crippen molar-refractivity contribution in [3.63, 3.8) is 0 Å². The fourth-order valence-electron chi connectivity index (χ4n) is 4.39. The van der Waals surface area contributed by atoms with Gasteiger partial charge in [0.15, 0.2) is 22.3 Å². The van der Waals surface area contributed by atoms with E-state index in [4.69, 9.17) is 14.2 Å². The molecule has 0 amide bonds. The zero-order valence-corrected chi connectivity index (χ0v) is 18.4. The molecule has 31 heavy (non-hydrogen) atoms. The predicted octanol–water partition coefficient (Wildman–Crippen LogP) is 4.61. The van der Waals surface area contributed by atoms with Crippen molar-refractivity contribution in [2.45, 2.75) is 38.3 Å². The molecule has 3 aromatic rings. The summed E-state index contributed by atoms with van der Waals surface area (Å²) in [6.45, 7) is 2.00. The lowest BCUT2D eigenvalue weighted by molar-refractivity contribution is 0.0879. The molecular formula is C24H26N2O4S. The molecule has 1 fully saturated rings. The Kier molecular flexibility index (Phi) is 5.78. The largest absolute Gasteiger partial charge is 0.494 e. The number of nitrogens with zero attached hydrogens (tertiary/aromatic N) is 1. The van der Waals surface area contributed by atoms with Crippen molar-refractivity contribution in [2.24, 2.45) is 5.92 Å². The number of rotatable bonds is 6. The van der Waals surface area contributed by atoms with Gasteiger partial charge in [0.25, 0.3) is 0 Å². The van der Waals surface area contributed by atoms with E-state index in [9.17, 15) is 4.79 Å². The Morgan fingerprint density at radius 1 is 1.13 bits per heavy atom. The Balaban J connectivity index is 1.16. The second kappa shape index (κ2) is 8.85. The van der Waals surface area contributed by atoms with Crippen molar-refractivity contribution < 1.29 is 19.0 Å². The number of benzene rings is 2. The van der Waals surface area contributed by atoms with E-state index in [0.717, 1.165) is 59.7 Å². The van der Waals surface area contributed by atoms with Gasteiger partial charge in [-0.05, 0) is 55.5 Å². The third-order valence-corrected chi connectivity index (χ3v) is 7.15. The molecule has 1 aliphatic carbocycles. The number of hydrogen-bond donors (Lipinski definition) is 1. The number of hydrogen-bond acceptors (Lipinski definition) is 7. The number of carbonyl (C=O) groups excluding carboxylic acids is 1. The van der Waals surface area contributed by atoms with Crippen molar-refractivity contribution in [3.05, 3.63) is 47.0 Å². The van der Waals surface area contributed by atoms with Crippen LogP contribution in [0.15, 0.2) is 36.4 Å². The van der Waals surface area contributed by atoms with Gasteiger partial charge in [0, 0.05) is 18.5 Å². The lowest BCUT2D eigenvalue weighted by atomic mass is 9.83. The standard InChI is InChI=1S/C24H26N2O4S/c1-28-19-3-2-4-21-22(19)26-24(31-21)23(27)16-6-8-17(9-7-16)25-14-15-5-10-18-20(13-15)30-12-11-29-18/h2-5,10,13,16-17,25H,6-9,11-12,14H2,1H3. The summed E-state index contributed by atoms with van der Waals surface area (Å²) < 4.78 is 17.6. The maximum absolute atomic E-state index is 13.1. The quantitative estimate of drug-likeness (QED) is 0.567. The summed E-state index contributed by atoms with van der Waals surface area (Å²) in [5.74, 6) is 2.60. The van der Waals surface area contributed by atoms with Crippen LogP contribution >= 0.6 is 11.3 Å². The molecule has 1 saturated carbocycles. The number of para-hydroxylation sites is 1. The second-order valence-corrected chi connectivity index (χ2v) is 9.13. The van der Waals surface area contributed by atoms with Crippen LogP contribution in [0.25, 0.3) is 10.2 Å². The topological polar surface area (TPSA) is 69.7 Å². The smallest absolute Gasteiger partial charge is 0.194 e. The van der Waals surface area contributed by atoms with Crippen LogP contribution in [0.3, 0.4) is 0 Å². The lowest BCUT2D eigenvalue weighted by Gasteiger charge is -2.28. The summed E-state index contributed by atoms with van der Waals surface area (Å²) in [5.41, 5.74) is 1.97. The van der Waals surface area contributed by atoms with Gasteiger partial charge in [-0.3, -0.25) is 4.79 Å². The van der Waals surface area contributed by atoms with Crippen LogP contribution in [-0.2, 0) is 6.54 Å². The molecular weight excluding hydrogens is 412 g/mol. The third-order valence-electron chi connectivity index (χ3n) is 6.11. The van der Waals surface area contributed by atoms with Crippen molar-refractivity contribution in [1.82, 2.24) is 10.3 Å². The molecule has 0 unspecified atom stereocenters. The molecule has 5 rings (SSSR count). The molecule has 162 valence electrons. The van der Waals surface area contributed by atoms with Crippen LogP contribution in [0.2, 0.25) is 0 Å². The number of thiazole rings is 1. The van der Waals surface area contributed by atoms with E-state index in [0.29, 0.717) is 24.3 Å². The fraction of sp³-hybridized carbons (Fsp3) is 0.417. The number of ketones is 1. The zero-order chi connectivity index (χ0) is 21.2. The monoisotopic (exact) mass is 438 g/mol. The van der Waals surface area contributed by atoms with E-state index in [-0.39, 0.29) is 11.7 Å². The van der Waals surface area contributed by atoms with E-state index in [1.807, 2.05) is 24.3 Å². The molecule has 0 bridgehead atoms. The van der Waals surface area contributed by atoms with Crippen LogP contribution < -0.4 is 19.5 Å². The third kappa shape index (κ3) is 4.25. The zero-order valence-electron chi connectivity index (χ0n) is 17.6. The minimum Gasteiger partial charge on any atom is -0.494 e. The van der Waals surface area contributed by atoms with Crippen LogP contribution in [0.5, 0.6) is 17.2 Å². The normalized spacial score (nSPS) is 20.5. The second-order valence-electron chi connectivity index (χ2n) is 8.10. The Hall–Kier alpha value is -2.64. The fourth-order valence-corrected chi connectivity index (χ4v) is 5.39. The van der Waals surface area contributed by atoms with Gasteiger partial charge in [-0.2, -0.15) is 0 Å². The minimum absolute atomic E-state index is 0.0545. The summed E-state index contributed by atoms with van der Waals surface area (Å²) in [6.07, 6.45) is 3.78. The summed E-state index contributed by atoms with van der Waals surface area (Å²) in [7, 11) is 1.63. The first-order valence-corrected chi connectivity index (χ1v) is 11.6. The highest BCUT2D eigenvalue weighted by atomic mass is 32.1. The van der Waals surface area contributed by atoms with E-state index in [1.54, 1.807) is 7.11 Å². The summed E-state index contributed by atoms with van der Waals surface area (Å²) in [6, 6.07) is 12.3. The summed E-state index contributed by atoms with van der Waals surface area (Å²) in [5, 5.41) is 4.25. The van der Waals surface area contributed by atoms with Gasteiger partial charge >= 0.3 is 0 Å². The SMILES string of the molecule is COc1cccc2sc(C(=O)C3CCC(NCc4ccc5c(c4)OCCO5)CC3)nc12. The number of nitrogens with one attached hydrogen (secondary N) is 1. The highest BCUT2D eigenvalue weighted by Gasteiger charge is 2.29. The number of methoxy groups -OCH3 is 1. The number of carbonyl (C=O) groups is 1. The van der Waals surface area contributed by atoms with E-state index in [1.165, 1.54) is 16.9 Å². The molecule has 0 radical (unpaired) electrons. The average Bonchev–Trinajstić information content (AvgIpc) is 3.27. The Morgan fingerprint density at radius 3 is 2.74 bits per heavy atom. The average molecular weight is 439 g/mol. The molecule has 7 heteroatoms. The molecule has 1 aromatic heterocycles. The van der Waals surface area contributed by atoms with Gasteiger partial charge < -0.3 is 19.5 Å². The van der Waals surface area contributed by atoms with Crippen LogP contribution in [0.1, 0.15) is 41.0 Å². The van der Waals surface area contributed by atoms with Gasteiger partial charge in [0.1, 0.15) is 24.5 Å². The molecule has 2 heterocycles. The highest BCUT2D eigenvalue weighted by molar-refractivity contribution is 7.20. The lowest BCUT2D eigenvalue weighted by Crippen LogP contribution is -2.34. The Labute approximate surface area is 185 Å². The molecule has 2 aromatic carbocycles. The maximum Gasteiger partial charge on any atom is 0.194 e. The van der Waals surface area contributed by atoms with Crippen LogP contribution in [-0.4, -0.2) is 37.1 Å². The van der Waals surface area contributed by atoms with Crippen LogP contribution in [0, 0.1) is 5.92 Å². The maximum atomic E-state index is 13.1. The van der Waals surface area contributed by atoms with Gasteiger partial charge in [-0.15, -0.1) is 11.3 Å². The van der Waals surface area contributed by atoms with E-state index in [2.05, 4.69) is 22.4 Å². The minimum atomic E-state index is 0.0545. The molecule has 0 spiro atoms. The van der Waals surface area contributed by atoms with Crippen molar-refractivity contribution in [1.29, 1.82) is 0 Å². The Morgan fingerprint density at radius 2 is 1.94 bits per heavy atom. The molecule has 2 aliphatic rings. The van der Waals surface area contributed by atoms with Gasteiger partial charge in [-0.1, -0.05) is 12.1 Å². The first-order chi connectivity index (χ1) is 15.2. The Bertz CT molecular complexity index is 1090. The number of ether oxygens (including phenoxy) is 3. The summed E-state index contributed by atoms with van der Waals surface area (Å²) in [4.78, 5) is 17.6. The van der Waals surface area contributed by atoms with Gasteiger partial charge in [0.05, 0.1) is 11.8 Å². The molecule has 1 aliphatic heterocycles. The number of Topliss-reactive ketones (excluding diaryl/α,β-unsaturated/α-hetero) is 1. The van der Waals surface area contributed by atoms with Crippen molar-refractivity contribution in [3.8, 4) is 17.2 Å². The molecule has 0 atom stereocenters. The van der Waals surface area contributed by atoms with Crippen molar-refractivity contribution >= 4 is 27.3 Å². The van der Waals surface area contributed by atoms with E-state index < -0.39 is 0 Å². The first kappa shape index (κ1) is 20.3. The number of aromatic nitrogens is 1. The number of fused-ring (bicyclic) bond motifs is 2. The van der Waals surface area contributed by atoms with Crippen LogP contribution in [0.4, 0.5) is 0 Å². The molecule has 1 N–H and O–H groups in total. The first-order valence-electron chi connectivity index (χ1n) is 10.8. The van der Waals surface area contributed by atoms with E-state index >= 15 is 0 Å². The predicted molar refractivity (Wildman–Crippen MR) is 121 cm³/mol. The highest BCUT2D eigenvalue weighted by Crippen LogP contribution is 2.34. The molecule has 6 nitrogen and oxygen atoms in total. The van der Waals surface area contributed by atoms with Gasteiger partial charge in [-0.25, -0.2) is 4.98 Å². The summed E-state index contributed by atoms with van der Waals surface area (Å²) >= 11 is 1.47. The molecule has 0 saturated heterocycles. The van der Waals surface area contributed by atoms with Gasteiger partial charge in [0.2, 0.25) is 0 Å². The van der Waals surface area contributed by atoms with Crippen molar-refractivity contribution in [2.75, 3.05) is 20.3 Å².